The Bertz CT molecular complexity index is 0. The normalized spacial score (nSPS) is 4.50. The van der Waals surface area contributed by atoms with Crippen molar-refractivity contribution in [1.82, 2.24) is 0 Å². The van der Waals surface area contributed by atoms with Gasteiger partial charge in [-0.1, -0.05) is 0 Å². The highest BCUT2D eigenvalue weighted by Crippen LogP contribution is 1.28. The van der Waals surface area contributed by atoms with Gasteiger partial charge in [0, 0.05) is 0 Å². The van der Waals surface area contributed by atoms with E-state index in [1.54, 1.807) is 0 Å². The van der Waals surface area contributed by atoms with E-state index in [9.17, 15) is 0 Å². The van der Waals surface area contributed by atoms with Crippen LogP contribution in [0.3, 0.4) is 0 Å². The maximum Gasteiger partial charge on any atom is -0.00277 e. The molecule has 0 atom stereocenters. The van der Waals surface area contributed by atoms with Gasteiger partial charge in [-0.25, -0.2) is 5.26 Å². The summed E-state index contributed by atoms with van der Waals surface area (Å²) in [5.41, 5.74) is 0. The zero-order valence-electron chi connectivity index (χ0n) is 1.71. The van der Waals surface area contributed by atoms with Crippen LogP contribution >= 0.6 is 0 Å². The van der Waals surface area contributed by atoms with Crippen LogP contribution in [-0.4, -0.2) is 10.7 Å². The van der Waals surface area contributed by atoms with Gasteiger partial charge >= 0.3 is 0 Å². The van der Waals surface area contributed by atoms with Crippen LogP contribution in [-0.2, 0) is 10.3 Å². The van der Waals surface area contributed by atoms with Gasteiger partial charge in [-0.2, -0.15) is 0 Å². The fraction of sp³-hybridized carbons (Fsp3) is 0. The molecule has 2 radical (unpaired) electrons. The van der Waals surface area contributed by atoms with Crippen LogP contribution in [0.25, 0.3) is 0 Å². The molecule has 0 spiro atoms. The first-order chi connectivity index (χ1) is 1.41. The first-order valence-corrected chi connectivity index (χ1v) is 0.349. The zero-order valence-corrected chi connectivity index (χ0v) is 1.71. The van der Waals surface area contributed by atoms with Crippen LogP contribution in [0.4, 0.5) is 0 Å². The fourth-order valence-electron chi connectivity index (χ4n) is 0. The maximum atomic E-state index is 7.99. The molecule has 0 aromatic rings. The van der Waals surface area contributed by atoms with E-state index in [0.717, 1.165) is 0 Å². The van der Waals surface area contributed by atoms with Crippen LogP contribution in [0, 0.1) is 0 Å². The van der Waals surface area contributed by atoms with E-state index in [1.807, 2.05) is 5.04 Å². The minimum atomic E-state index is 0. The minimum Gasteiger partial charge on any atom is -0.255 e. The molecule has 0 aromatic heterocycles. The minimum absolute atomic E-state index is 0. The van der Waals surface area contributed by atoms with Gasteiger partial charge in [0.1, 0.15) is 0 Å². The standard InChI is InChI=1S/HO3.HO/c1-3-2;/h1H;1H. The quantitative estimate of drug-likeness (QED) is 0.299. The Morgan fingerprint density at radius 3 is 1.75 bits per heavy atom. The monoisotopic (exact) mass is 66.0 g/mol. The summed E-state index contributed by atoms with van der Waals surface area (Å²) < 4.78 is 0. The Balaban J connectivity index is 0. The second-order valence-corrected chi connectivity index (χ2v) is 0.0745. The van der Waals surface area contributed by atoms with E-state index in [1.165, 1.54) is 0 Å². The second-order valence-electron chi connectivity index (χ2n) is 0.0745. The van der Waals surface area contributed by atoms with Crippen LogP contribution < -0.4 is 0 Å². The SMILES string of the molecule is [OH].[O]OO. The van der Waals surface area contributed by atoms with Crippen molar-refractivity contribution >= 4 is 0 Å². The number of rotatable bonds is 0. The van der Waals surface area contributed by atoms with Crippen LogP contribution in [0.15, 0.2) is 0 Å². The van der Waals surface area contributed by atoms with Gasteiger partial charge in [-0.3, -0.25) is 5.48 Å². The maximum absolute atomic E-state index is 7.99. The van der Waals surface area contributed by atoms with Crippen molar-refractivity contribution in [3.05, 3.63) is 0 Å². The van der Waals surface area contributed by atoms with Crippen molar-refractivity contribution in [2.45, 2.75) is 0 Å². The Hall–Kier alpha value is -0.160. The molecule has 26 valence electrons. The third-order valence-corrected chi connectivity index (χ3v) is 0. The summed E-state index contributed by atoms with van der Waals surface area (Å²) >= 11 is 0. The predicted octanol–water partition coefficient (Wildman–Crippen LogP) is -0.355. The third-order valence-electron chi connectivity index (χ3n) is 0. The van der Waals surface area contributed by atoms with Crippen molar-refractivity contribution in [2.75, 3.05) is 0 Å². The molecule has 2 N–H and O–H groups in total. The molecule has 0 amide bonds. The van der Waals surface area contributed by atoms with Crippen molar-refractivity contribution in [2.24, 2.45) is 0 Å². The fourth-order valence-corrected chi connectivity index (χ4v) is 0. The molecule has 4 heavy (non-hydrogen) atoms. The average molecular weight is 66.0 g/mol. The van der Waals surface area contributed by atoms with Crippen molar-refractivity contribution in [3.8, 4) is 0 Å². The highest BCUT2D eigenvalue weighted by molar-refractivity contribution is 2.35. The summed E-state index contributed by atoms with van der Waals surface area (Å²) in [6, 6.07) is 0. The first-order valence-electron chi connectivity index (χ1n) is 0.349. The third kappa shape index (κ3) is 50.7. The van der Waals surface area contributed by atoms with Crippen LogP contribution in [0.2, 0.25) is 0 Å². The average Bonchev–Trinajstić information content (AvgIpc) is 0.918. The van der Waals surface area contributed by atoms with Crippen molar-refractivity contribution in [3.63, 3.8) is 0 Å². The van der Waals surface area contributed by atoms with Crippen molar-refractivity contribution < 1.29 is 21.0 Å². The summed E-state index contributed by atoms with van der Waals surface area (Å²) in [5, 5.41) is 16.5. The molecule has 0 rings (SSSR count). The van der Waals surface area contributed by atoms with E-state index in [2.05, 4.69) is 0 Å². The summed E-state index contributed by atoms with van der Waals surface area (Å²) in [4.78, 5) is 0. The van der Waals surface area contributed by atoms with E-state index >= 15 is 0 Å². The molecule has 4 nitrogen and oxygen atoms in total. The van der Waals surface area contributed by atoms with Gasteiger partial charge in [-0.15, -0.1) is 0 Å². The lowest BCUT2D eigenvalue weighted by atomic mass is 14.6. The molecule has 0 aliphatic rings. The van der Waals surface area contributed by atoms with E-state index in [4.69, 9.17) is 10.5 Å². The largest absolute Gasteiger partial charge is 0.255 e. The van der Waals surface area contributed by atoms with Gasteiger partial charge in [0.05, 0.1) is 0 Å². The lowest BCUT2D eigenvalue weighted by Crippen LogP contribution is -1.55. The number of hydrogen-bond donors (Lipinski definition) is 2. The van der Waals surface area contributed by atoms with Crippen molar-refractivity contribution in [1.29, 1.82) is 0 Å². The molecule has 0 aliphatic carbocycles. The topological polar surface area (TPSA) is 79.4 Å². The summed E-state index contributed by atoms with van der Waals surface area (Å²) in [5.74, 6) is 0. The zero-order chi connectivity index (χ0) is 2.71. The summed E-state index contributed by atoms with van der Waals surface area (Å²) in [6.07, 6.45) is 0. The lowest BCUT2D eigenvalue weighted by Gasteiger charge is -1.49. The van der Waals surface area contributed by atoms with Gasteiger partial charge in [0.25, 0.3) is 0 Å². The highest BCUT2D eigenvalue weighted by atomic mass is 17.4. The van der Waals surface area contributed by atoms with Crippen LogP contribution in [0.1, 0.15) is 0 Å². The molecule has 0 heterocycles. The Morgan fingerprint density at radius 1 is 1.75 bits per heavy atom. The van der Waals surface area contributed by atoms with Gasteiger partial charge in [-0.05, 0) is 10.3 Å². The molecule has 0 bridgehead atoms. The van der Waals surface area contributed by atoms with Gasteiger partial charge in [0.15, 0.2) is 0 Å². The van der Waals surface area contributed by atoms with Gasteiger partial charge in [0.2, 0.25) is 0 Å². The molecule has 0 saturated heterocycles. The summed E-state index contributed by atoms with van der Waals surface area (Å²) in [6.45, 7) is 0. The van der Waals surface area contributed by atoms with E-state index in [0.29, 0.717) is 0 Å². The molecular weight excluding hydrogens is 64.0 g/mol. The summed E-state index contributed by atoms with van der Waals surface area (Å²) in [7, 11) is 0. The smallest absolute Gasteiger partial charge is 0.00277 e. The van der Waals surface area contributed by atoms with E-state index in [-0.39, 0.29) is 5.48 Å². The highest BCUT2D eigenvalue weighted by Gasteiger charge is 1.35. The molecule has 0 aliphatic heterocycles. The van der Waals surface area contributed by atoms with Crippen LogP contribution in [0.5, 0.6) is 0 Å². The molecule has 0 saturated carbocycles. The molecule has 0 fully saturated rings. The first kappa shape index (κ1) is 9.15. The molecule has 0 unspecified atom stereocenters. The Kier molecular flexibility index (Phi) is 31.2. The van der Waals surface area contributed by atoms with Gasteiger partial charge < -0.3 is 0 Å². The second kappa shape index (κ2) is 13.6. The molecule has 0 aromatic carbocycles. The number of hydrogen-bond acceptors (Lipinski definition) is 2. The molecule has 4 heteroatoms. The molecular formula is H2O4. The Morgan fingerprint density at radius 2 is 1.75 bits per heavy atom. The predicted molar refractivity (Wildman–Crippen MR) is 6.34 cm³/mol. The Labute approximate surface area is 22.4 Å². The lowest BCUT2D eigenvalue weighted by molar-refractivity contribution is -0.505. The van der Waals surface area contributed by atoms with E-state index < -0.39 is 0 Å².